The molecule has 8 heteroatoms. The average molecular weight is 366 g/mol. The molecular weight excluding hydrogens is 355 g/mol. The molecule has 0 amide bonds. The zero-order valence-corrected chi connectivity index (χ0v) is 13.9. The fourth-order valence-corrected chi connectivity index (χ4v) is 3.77. The highest BCUT2D eigenvalue weighted by Crippen LogP contribution is 2.32. The summed E-state index contributed by atoms with van der Waals surface area (Å²) in [6.45, 7) is 1.77. The summed E-state index contributed by atoms with van der Waals surface area (Å²) in [4.78, 5) is -0.0915. The van der Waals surface area contributed by atoms with Gasteiger partial charge in [-0.05, 0) is 42.8 Å². The summed E-state index contributed by atoms with van der Waals surface area (Å²) in [5, 5.41) is 0.671. The van der Waals surface area contributed by atoms with E-state index in [2.05, 4.69) is 4.72 Å². The monoisotopic (exact) mass is 364 g/mol. The van der Waals surface area contributed by atoms with Crippen LogP contribution < -0.4 is 10.5 Å². The Morgan fingerprint density at radius 1 is 1.00 bits per heavy atom. The highest BCUT2D eigenvalue weighted by molar-refractivity contribution is 7.92. The van der Waals surface area contributed by atoms with E-state index in [9.17, 15) is 8.42 Å². The number of nitrogens with two attached hydrogens (primary N) is 1. The third kappa shape index (κ3) is 3.55. The van der Waals surface area contributed by atoms with Crippen molar-refractivity contribution >= 4 is 56.2 Å². The molecule has 0 bridgehead atoms. The van der Waals surface area contributed by atoms with Gasteiger partial charge in [0.1, 0.15) is 4.90 Å². The van der Waals surface area contributed by atoms with E-state index in [4.69, 9.17) is 40.5 Å². The van der Waals surface area contributed by atoms with Crippen LogP contribution in [0.25, 0.3) is 0 Å². The van der Waals surface area contributed by atoms with E-state index < -0.39 is 10.0 Å². The van der Waals surface area contributed by atoms with Crippen LogP contribution >= 0.6 is 34.8 Å². The lowest BCUT2D eigenvalue weighted by atomic mass is 10.2. The first-order valence-corrected chi connectivity index (χ1v) is 8.36. The first kappa shape index (κ1) is 16.2. The molecule has 4 nitrogen and oxygen atoms in total. The minimum atomic E-state index is -3.89. The molecule has 0 unspecified atom stereocenters. The standard InChI is InChI=1S/C13H11Cl3N2O2S/c1-7-4-10(15)12(6-9(7)14)18-21(19,20)13-3-2-8(17)5-11(13)16/h2-6,18H,17H2,1H3. The van der Waals surface area contributed by atoms with Gasteiger partial charge in [0.15, 0.2) is 0 Å². The second-order valence-electron chi connectivity index (χ2n) is 4.38. The number of benzene rings is 2. The molecule has 0 radical (unpaired) electrons. The lowest BCUT2D eigenvalue weighted by Gasteiger charge is -2.12. The molecule has 0 aliphatic heterocycles. The third-order valence-electron chi connectivity index (χ3n) is 2.74. The maximum absolute atomic E-state index is 12.3. The second-order valence-corrected chi connectivity index (χ2v) is 7.25. The van der Waals surface area contributed by atoms with E-state index >= 15 is 0 Å². The minimum Gasteiger partial charge on any atom is -0.399 e. The Morgan fingerprint density at radius 2 is 1.67 bits per heavy atom. The molecule has 0 aliphatic carbocycles. The van der Waals surface area contributed by atoms with E-state index in [0.29, 0.717) is 10.7 Å². The lowest BCUT2D eigenvalue weighted by molar-refractivity contribution is 0.601. The first-order valence-electron chi connectivity index (χ1n) is 5.74. The number of sulfonamides is 1. The number of hydrogen-bond acceptors (Lipinski definition) is 3. The van der Waals surface area contributed by atoms with Crippen molar-refractivity contribution < 1.29 is 8.42 Å². The van der Waals surface area contributed by atoms with E-state index in [1.165, 1.54) is 24.3 Å². The molecule has 112 valence electrons. The SMILES string of the molecule is Cc1cc(Cl)c(NS(=O)(=O)c2ccc(N)cc2Cl)cc1Cl. The maximum Gasteiger partial charge on any atom is 0.263 e. The summed E-state index contributed by atoms with van der Waals surface area (Å²) in [6.07, 6.45) is 0. The Kier molecular flexibility index (Phi) is 4.58. The minimum absolute atomic E-state index is 0.0248. The van der Waals surface area contributed by atoms with E-state index in [1.807, 2.05) is 0 Å². The molecule has 0 saturated carbocycles. The fourth-order valence-electron chi connectivity index (χ4n) is 1.66. The van der Waals surface area contributed by atoms with Crippen molar-refractivity contribution in [1.82, 2.24) is 0 Å². The smallest absolute Gasteiger partial charge is 0.263 e. The fraction of sp³-hybridized carbons (Fsp3) is 0.0769. The predicted molar refractivity (Wildman–Crippen MR) is 87.9 cm³/mol. The van der Waals surface area contributed by atoms with Gasteiger partial charge in [-0.15, -0.1) is 0 Å². The molecule has 2 aromatic rings. The molecule has 0 aromatic heterocycles. The van der Waals surface area contributed by atoms with Crippen LogP contribution in [0.5, 0.6) is 0 Å². The van der Waals surface area contributed by atoms with Crippen LogP contribution in [0, 0.1) is 6.92 Å². The molecule has 0 atom stereocenters. The van der Waals surface area contributed by atoms with Crippen molar-refractivity contribution in [1.29, 1.82) is 0 Å². The summed E-state index contributed by atoms with van der Waals surface area (Å²) in [6, 6.07) is 7.15. The van der Waals surface area contributed by atoms with Crippen molar-refractivity contribution in [2.24, 2.45) is 0 Å². The molecule has 0 aliphatic rings. The predicted octanol–water partition coefficient (Wildman–Crippen LogP) is 4.34. The Morgan fingerprint density at radius 3 is 2.29 bits per heavy atom. The van der Waals surface area contributed by atoms with Crippen LogP contribution in [0.2, 0.25) is 15.1 Å². The van der Waals surface area contributed by atoms with Crippen molar-refractivity contribution in [3.05, 3.63) is 51.0 Å². The largest absolute Gasteiger partial charge is 0.399 e. The molecule has 0 spiro atoms. The molecule has 3 N–H and O–H groups in total. The molecule has 21 heavy (non-hydrogen) atoms. The van der Waals surface area contributed by atoms with Crippen molar-refractivity contribution in [2.75, 3.05) is 10.5 Å². The van der Waals surface area contributed by atoms with Crippen molar-refractivity contribution in [3.63, 3.8) is 0 Å². The summed E-state index contributed by atoms with van der Waals surface area (Å²) < 4.78 is 27.0. The van der Waals surface area contributed by atoms with Gasteiger partial charge < -0.3 is 5.73 Å². The molecule has 0 saturated heterocycles. The van der Waals surface area contributed by atoms with Gasteiger partial charge in [-0.2, -0.15) is 0 Å². The van der Waals surface area contributed by atoms with E-state index in [0.717, 1.165) is 5.56 Å². The molecule has 2 aromatic carbocycles. The Hall–Kier alpha value is -1.14. The Labute approximate surface area is 137 Å². The second kappa shape index (κ2) is 5.93. The maximum atomic E-state index is 12.3. The lowest BCUT2D eigenvalue weighted by Crippen LogP contribution is -2.14. The molecule has 2 rings (SSSR count). The molecular formula is C13H11Cl3N2O2S. The summed E-state index contributed by atoms with van der Waals surface area (Å²) >= 11 is 17.9. The number of hydrogen-bond donors (Lipinski definition) is 2. The topological polar surface area (TPSA) is 72.2 Å². The molecule has 0 fully saturated rings. The normalized spacial score (nSPS) is 11.4. The van der Waals surface area contributed by atoms with Crippen LogP contribution in [-0.4, -0.2) is 8.42 Å². The van der Waals surface area contributed by atoms with Crippen LogP contribution in [0.15, 0.2) is 35.2 Å². The van der Waals surface area contributed by atoms with Gasteiger partial charge >= 0.3 is 0 Å². The first-order chi connectivity index (χ1) is 9.70. The van der Waals surface area contributed by atoms with Gasteiger partial charge in [0.05, 0.1) is 15.7 Å². The highest BCUT2D eigenvalue weighted by atomic mass is 35.5. The summed E-state index contributed by atoms with van der Waals surface area (Å²) in [7, 11) is -3.89. The van der Waals surface area contributed by atoms with Crippen molar-refractivity contribution in [2.45, 2.75) is 11.8 Å². The number of rotatable bonds is 3. The van der Waals surface area contributed by atoms with Gasteiger partial charge in [-0.3, -0.25) is 4.72 Å². The van der Waals surface area contributed by atoms with E-state index in [1.54, 1.807) is 13.0 Å². The summed E-state index contributed by atoms with van der Waals surface area (Å²) in [5.41, 5.74) is 6.84. The van der Waals surface area contributed by atoms with Gasteiger partial charge in [0, 0.05) is 10.7 Å². The zero-order valence-electron chi connectivity index (χ0n) is 10.8. The van der Waals surface area contributed by atoms with Gasteiger partial charge in [-0.25, -0.2) is 8.42 Å². The third-order valence-corrected chi connectivity index (χ3v) is 5.31. The van der Waals surface area contributed by atoms with Gasteiger partial charge in [-0.1, -0.05) is 34.8 Å². The number of aryl methyl sites for hydroxylation is 1. The van der Waals surface area contributed by atoms with Crippen LogP contribution in [0.4, 0.5) is 11.4 Å². The average Bonchev–Trinajstić information content (AvgIpc) is 2.35. The van der Waals surface area contributed by atoms with Crippen molar-refractivity contribution in [3.8, 4) is 0 Å². The Bertz CT molecular complexity index is 807. The van der Waals surface area contributed by atoms with E-state index in [-0.39, 0.29) is 20.6 Å². The highest BCUT2D eigenvalue weighted by Gasteiger charge is 2.19. The number of anilines is 2. The Balaban J connectivity index is 2.45. The van der Waals surface area contributed by atoms with Crippen LogP contribution in [-0.2, 0) is 10.0 Å². The molecule has 0 heterocycles. The quantitative estimate of drug-likeness (QED) is 0.795. The van der Waals surface area contributed by atoms with Gasteiger partial charge in [0.25, 0.3) is 10.0 Å². The number of nitrogens with one attached hydrogen (secondary N) is 1. The zero-order chi connectivity index (χ0) is 15.8. The van der Waals surface area contributed by atoms with Crippen LogP contribution in [0.3, 0.4) is 0 Å². The summed E-state index contributed by atoms with van der Waals surface area (Å²) in [5.74, 6) is 0. The number of nitrogen functional groups attached to an aromatic ring is 1. The van der Waals surface area contributed by atoms with Crippen LogP contribution in [0.1, 0.15) is 5.56 Å². The number of halogens is 3. The van der Waals surface area contributed by atoms with Gasteiger partial charge in [0.2, 0.25) is 0 Å².